The molecule has 2 atom stereocenters. The fraction of sp³-hybridized carbons (Fsp3) is 0.538. The lowest BCUT2D eigenvalue weighted by Crippen LogP contribution is -2.44. The van der Waals surface area contributed by atoms with E-state index in [0.717, 1.165) is 16.8 Å². The van der Waals surface area contributed by atoms with Gasteiger partial charge < -0.3 is 10.1 Å². The second-order valence-corrected chi connectivity index (χ2v) is 5.16. The van der Waals surface area contributed by atoms with Gasteiger partial charge in [-0.1, -0.05) is 18.6 Å². The van der Waals surface area contributed by atoms with Gasteiger partial charge in [-0.15, -0.1) is 0 Å². The molecular weight excluding hydrogens is 266 g/mol. The summed E-state index contributed by atoms with van der Waals surface area (Å²) in [7, 11) is 0. The zero-order chi connectivity index (χ0) is 11.4. The Bertz CT molecular complexity index is 336. The average Bonchev–Trinajstić information content (AvgIpc) is 2.33. The summed E-state index contributed by atoms with van der Waals surface area (Å²) in [5, 5.41) is 3.52. The van der Waals surface area contributed by atoms with E-state index in [2.05, 4.69) is 28.2 Å². The van der Waals surface area contributed by atoms with Crippen LogP contribution >= 0.6 is 15.9 Å². The predicted molar refractivity (Wildman–Crippen MR) is 69.9 cm³/mol. The Morgan fingerprint density at radius 3 is 2.88 bits per heavy atom. The summed E-state index contributed by atoms with van der Waals surface area (Å²) in [5.41, 5.74) is 0. The van der Waals surface area contributed by atoms with E-state index in [9.17, 15) is 0 Å². The van der Waals surface area contributed by atoms with Gasteiger partial charge in [0.1, 0.15) is 11.9 Å². The number of hydrogen-bond acceptors (Lipinski definition) is 2. The molecule has 1 heterocycles. The van der Waals surface area contributed by atoms with Crippen LogP contribution < -0.4 is 10.1 Å². The third-order valence-corrected chi connectivity index (χ3v) is 3.72. The predicted octanol–water partition coefficient (Wildman–Crippen LogP) is 3.36. The lowest BCUT2D eigenvalue weighted by atomic mass is 10.0. The van der Waals surface area contributed by atoms with E-state index in [1.807, 2.05) is 24.3 Å². The van der Waals surface area contributed by atoms with Crippen molar-refractivity contribution in [3.05, 3.63) is 28.7 Å². The van der Waals surface area contributed by atoms with Gasteiger partial charge in [0, 0.05) is 6.04 Å². The van der Waals surface area contributed by atoms with Crippen molar-refractivity contribution in [1.82, 2.24) is 5.32 Å². The molecule has 0 saturated carbocycles. The van der Waals surface area contributed by atoms with Gasteiger partial charge in [0.2, 0.25) is 0 Å². The van der Waals surface area contributed by atoms with E-state index >= 15 is 0 Å². The average molecular weight is 284 g/mol. The largest absolute Gasteiger partial charge is 0.488 e. The fourth-order valence-corrected chi connectivity index (χ4v) is 2.48. The highest BCUT2D eigenvalue weighted by atomic mass is 79.9. The summed E-state index contributed by atoms with van der Waals surface area (Å²) in [4.78, 5) is 0. The van der Waals surface area contributed by atoms with Crippen molar-refractivity contribution in [2.75, 3.05) is 6.54 Å². The van der Waals surface area contributed by atoms with Crippen LogP contribution in [0.4, 0.5) is 0 Å². The van der Waals surface area contributed by atoms with Gasteiger partial charge in [-0.05, 0) is 54.4 Å². The van der Waals surface area contributed by atoms with Crippen molar-refractivity contribution in [2.45, 2.75) is 38.3 Å². The number of piperidine rings is 1. The smallest absolute Gasteiger partial charge is 0.133 e. The van der Waals surface area contributed by atoms with Crippen molar-refractivity contribution in [3.63, 3.8) is 0 Å². The van der Waals surface area contributed by atoms with E-state index in [4.69, 9.17) is 4.74 Å². The normalized spacial score (nSPS) is 22.8. The highest BCUT2D eigenvalue weighted by molar-refractivity contribution is 9.10. The molecule has 0 radical (unpaired) electrons. The molecule has 1 fully saturated rings. The van der Waals surface area contributed by atoms with Gasteiger partial charge in [-0.25, -0.2) is 0 Å². The first-order chi connectivity index (χ1) is 7.77. The molecule has 2 rings (SSSR count). The summed E-state index contributed by atoms with van der Waals surface area (Å²) in [6.45, 7) is 3.26. The van der Waals surface area contributed by atoms with Crippen LogP contribution in [0.5, 0.6) is 5.75 Å². The Kier molecular flexibility index (Phi) is 4.24. The van der Waals surface area contributed by atoms with Crippen LogP contribution in [-0.4, -0.2) is 18.7 Å². The number of nitrogens with one attached hydrogen (secondary N) is 1. The molecule has 2 unspecified atom stereocenters. The van der Waals surface area contributed by atoms with Gasteiger partial charge in [-0.3, -0.25) is 0 Å². The molecule has 0 bridgehead atoms. The number of benzene rings is 1. The highest BCUT2D eigenvalue weighted by Gasteiger charge is 2.21. The van der Waals surface area contributed by atoms with Crippen LogP contribution in [0, 0.1) is 0 Å². The first-order valence-electron chi connectivity index (χ1n) is 5.92. The second-order valence-electron chi connectivity index (χ2n) is 4.31. The van der Waals surface area contributed by atoms with E-state index in [1.165, 1.54) is 19.3 Å². The minimum atomic E-state index is 0.221. The van der Waals surface area contributed by atoms with Gasteiger partial charge in [0.15, 0.2) is 0 Å². The molecule has 88 valence electrons. The van der Waals surface area contributed by atoms with Gasteiger partial charge in [0.05, 0.1) is 4.47 Å². The lowest BCUT2D eigenvalue weighted by Gasteiger charge is -2.29. The molecule has 1 aromatic carbocycles. The van der Waals surface area contributed by atoms with Gasteiger partial charge in [-0.2, -0.15) is 0 Å². The standard InChI is InChI=1S/C13H18BrNO/c1-10(12-7-4-5-9-15-12)16-13-8-3-2-6-11(13)14/h2-3,6,8,10,12,15H,4-5,7,9H2,1H3. The number of hydrogen-bond donors (Lipinski definition) is 1. The Morgan fingerprint density at radius 1 is 1.38 bits per heavy atom. The van der Waals surface area contributed by atoms with E-state index in [1.54, 1.807) is 0 Å². The van der Waals surface area contributed by atoms with E-state index < -0.39 is 0 Å². The quantitative estimate of drug-likeness (QED) is 0.919. The van der Waals surface area contributed by atoms with Crippen LogP contribution in [0.3, 0.4) is 0 Å². The molecule has 1 aliphatic heterocycles. The van der Waals surface area contributed by atoms with E-state index in [-0.39, 0.29) is 6.10 Å². The van der Waals surface area contributed by atoms with Crippen LogP contribution in [0.15, 0.2) is 28.7 Å². The molecule has 16 heavy (non-hydrogen) atoms. The molecule has 1 aromatic rings. The summed E-state index contributed by atoms with van der Waals surface area (Å²) < 4.78 is 7.00. The summed E-state index contributed by atoms with van der Waals surface area (Å²) in [6.07, 6.45) is 4.03. The first kappa shape index (κ1) is 11.9. The zero-order valence-corrected chi connectivity index (χ0v) is 11.2. The molecule has 0 amide bonds. The van der Waals surface area contributed by atoms with Crippen LogP contribution in [0.2, 0.25) is 0 Å². The summed E-state index contributed by atoms with van der Waals surface area (Å²) in [5.74, 6) is 0.933. The third-order valence-electron chi connectivity index (χ3n) is 3.06. The van der Waals surface area contributed by atoms with Gasteiger partial charge >= 0.3 is 0 Å². The monoisotopic (exact) mass is 283 g/mol. The summed E-state index contributed by atoms with van der Waals surface area (Å²) >= 11 is 3.50. The topological polar surface area (TPSA) is 21.3 Å². The Morgan fingerprint density at radius 2 is 2.19 bits per heavy atom. The molecule has 3 heteroatoms. The summed E-state index contributed by atoms with van der Waals surface area (Å²) in [6, 6.07) is 8.50. The zero-order valence-electron chi connectivity index (χ0n) is 9.58. The molecule has 0 spiro atoms. The maximum Gasteiger partial charge on any atom is 0.133 e. The number of halogens is 1. The Hall–Kier alpha value is -0.540. The minimum absolute atomic E-state index is 0.221. The molecule has 0 aliphatic carbocycles. The van der Waals surface area contributed by atoms with Crippen molar-refractivity contribution in [3.8, 4) is 5.75 Å². The highest BCUT2D eigenvalue weighted by Crippen LogP contribution is 2.26. The Labute approximate surface area is 106 Å². The van der Waals surface area contributed by atoms with Crippen LogP contribution in [0.25, 0.3) is 0 Å². The van der Waals surface area contributed by atoms with Crippen LogP contribution in [-0.2, 0) is 0 Å². The molecule has 2 nitrogen and oxygen atoms in total. The third kappa shape index (κ3) is 2.98. The SMILES string of the molecule is CC(Oc1ccccc1Br)C1CCCCN1. The maximum absolute atomic E-state index is 5.98. The lowest BCUT2D eigenvalue weighted by molar-refractivity contribution is 0.152. The van der Waals surface area contributed by atoms with Gasteiger partial charge in [0.25, 0.3) is 0 Å². The molecule has 1 N–H and O–H groups in total. The van der Waals surface area contributed by atoms with Crippen molar-refractivity contribution >= 4 is 15.9 Å². The number of ether oxygens (including phenoxy) is 1. The maximum atomic E-state index is 5.98. The second kappa shape index (κ2) is 5.69. The van der Waals surface area contributed by atoms with E-state index in [0.29, 0.717) is 6.04 Å². The molecule has 1 aliphatic rings. The minimum Gasteiger partial charge on any atom is -0.488 e. The fourth-order valence-electron chi connectivity index (χ4n) is 2.10. The Balaban J connectivity index is 1.96. The molecule has 0 aromatic heterocycles. The number of para-hydroxylation sites is 1. The number of rotatable bonds is 3. The van der Waals surface area contributed by atoms with Crippen molar-refractivity contribution < 1.29 is 4.74 Å². The van der Waals surface area contributed by atoms with Crippen molar-refractivity contribution in [1.29, 1.82) is 0 Å². The molecule has 1 saturated heterocycles. The first-order valence-corrected chi connectivity index (χ1v) is 6.71. The van der Waals surface area contributed by atoms with Crippen molar-refractivity contribution in [2.24, 2.45) is 0 Å². The molecular formula is C13H18BrNO. The van der Waals surface area contributed by atoms with Crippen LogP contribution in [0.1, 0.15) is 26.2 Å².